The van der Waals surface area contributed by atoms with Gasteiger partial charge >= 0.3 is 5.97 Å². The minimum atomic E-state index is -0.758. The summed E-state index contributed by atoms with van der Waals surface area (Å²) in [5.41, 5.74) is 0.868. The number of amides is 1. The van der Waals surface area contributed by atoms with Crippen molar-refractivity contribution >= 4 is 17.6 Å². The first-order chi connectivity index (χ1) is 9.48. The van der Waals surface area contributed by atoms with Gasteiger partial charge in [0, 0.05) is 12.1 Å². The molecular formula is C16H21NO3. The number of benzene rings is 1. The van der Waals surface area contributed by atoms with Crippen LogP contribution in [0, 0.1) is 5.92 Å². The predicted molar refractivity (Wildman–Crippen MR) is 77.7 cm³/mol. The molecule has 0 saturated heterocycles. The Hall–Kier alpha value is -1.84. The smallest absolute Gasteiger partial charge is 0.314 e. The Balaban J connectivity index is 1.99. The molecule has 4 heteroatoms. The zero-order valence-corrected chi connectivity index (χ0v) is 12.0. The van der Waals surface area contributed by atoms with Crippen LogP contribution in [0.3, 0.4) is 0 Å². The topological polar surface area (TPSA) is 66.4 Å². The van der Waals surface area contributed by atoms with Crippen molar-refractivity contribution < 1.29 is 14.7 Å². The van der Waals surface area contributed by atoms with Crippen molar-refractivity contribution in [1.29, 1.82) is 0 Å². The lowest BCUT2D eigenvalue weighted by atomic mass is 9.96. The lowest BCUT2D eigenvalue weighted by molar-refractivity contribution is -0.140. The van der Waals surface area contributed by atoms with Crippen LogP contribution in [-0.4, -0.2) is 17.0 Å². The molecule has 2 rings (SSSR count). The van der Waals surface area contributed by atoms with Crippen molar-refractivity contribution in [3.63, 3.8) is 0 Å². The SMILES string of the molecule is CCC(C)CC(=O)Nc1ccc(C2(C(=O)O)CC2)cc1. The number of hydrogen-bond donors (Lipinski definition) is 2. The van der Waals surface area contributed by atoms with Gasteiger partial charge in [0.15, 0.2) is 0 Å². The molecule has 1 fully saturated rings. The van der Waals surface area contributed by atoms with Crippen molar-refractivity contribution in [1.82, 2.24) is 0 Å². The molecule has 1 aromatic carbocycles. The maximum absolute atomic E-state index is 11.8. The Kier molecular flexibility index (Phi) is 4.12. The fourth-order valence-corrected chi connectivity index (χ4v) is 2.30. The molecule has 108 valence electrons. The summed E-state index contributed by atoms with van der Waals surface area (Å²) in [6.45, 7) is 4.11. The van der Waals surface area contributed by atoms with Gasteiger partial charge < -0.3 is 10.4 Å². The average molecular weight is 275 g/mol. The third-order valence-electron chi connectivity index (χ3n) is 4.11. The van der Waals surface area contributed by atoms with Gasteiger partial charge in [-0.25, -0.2) is 0 Å². The van der Waals surface area contributed by atoms with Gasteiger partial charge in [-0.3, -0.25) is 9.59 Å². The molecule has 20 heavy (non-hydrogen) atoms. The Bertz CT molecular complexity index is 503. The van der Waals surface area contributed by atoms with Gasteiger partial charge in [0.1, 0.15) is 0 Å². The van der Waals surface area contributed by atoms with E-state index in [9.17, 15) is 14.7 Å². The van der Waals surface area contributed by atoms with E-state index in [2.05, 4.69) is 12.2 Å². The molecule has 1 aliphatic carbocycles. The standard InChI is InChI=1S/C16H21NO3/c1-3-11(2)10-14(18)17-13-6-4-12(5-7-13)16(8-9-16)15(19)20/h4-7,11H,3,8-10H2,1-2H3,(H,17,18)(H,19,20). The number of carboxylic acids is 1. The summed E-state index contributed by atoms with van der Waals surface area (Å²) in [6, 6.07) is 7.18. The molecule has 0 bridgehead atoms. The van der Waals surface area contributed by atoms with Crippen LogP contribution >= 0.6 is 0 Å². The number of hydrogen-bond acceptors (Lipinski definition) is 2. The number of carbonyl (C=O) groups excluding carboxylic acids is 1. The van der Waals surface area contributed by atoms with E-state index in [1.807, 2.05) is 6.92 Å². The maximum Gasteiger partial charge on any atom is 0.314 e. The minimum absolute atomic E-state index is 0.00599. The molecule has 4 nitrogen and oxygen atoms in total. The molecule has 2 N–H and O–H groups in total. The van der Waals surface area contributed by atoms with Gasteiger partial charge in [-0.15, -0.1) is 0 Å². The number of aliphatic carboxylic acids is 1. The first kappa shape index (κ1) is 14.6. The van der Waals surface area contributed by atoms with Crippen molar-refractivity contribution in [2.24, 2.45) is 5.92 Å². The van der Waals surface area contributed by atoms with Crippen molar-refractivity contribution in [2.75, 3.05) is 5.32 Å². The van der Waals surface area contributed by atoms with E-state index in [1.165, 1.54) is 0 Å². The van der Waals surface area contributed by atoms with E-state index in [0.717, 1.165) is 17.7 Å². The van der Waals surface area contributed by atoms with Crippen molar-refractivity contribution in [3.8, 4) is 0 Å². The molecular weight excluding hydrogens is 254 g/mol. The van der Waals surface area contributed by atoms with Crippen molar-refractivity contribution in [2.45, 2.75) is 44.9 Å². The lowest BCUT2D eigenvalue weighted by Crippen LogP contribution is -2.19. The molecule has 1 aromatic rings. The van der Waals surface area contributed by atoms with E-state index < -0.39 is 11.4 Å². The molecule has 1 atom stereocenters. The van der Waals surface area contributed by atoms with E-state index >= 15 is 0 Å². The van der Waals surface area contributed by atoms with E-state index in [-0.39, 0.29) is 5.91 Å². The van der Waals surface area contributed by atoms with Gasteiger partial charge in [0.25, 0.3) is 0 Å². The van der Waals surface area contributed by atoms with Crippen molar-refractivity contribution in [3.05, 3.63) is 29.8 Å². The maximum atomic E-state index is 11.8. The summed E-state index contributed by atoms with van der Waals surface area (Å²) < 4.78 is 0. The monoisotopic (exact) mass is 275 g/mol. The minimum Gasteiger partial charge on any atom is -0.481 e. The molecule has 1 unspecified atom stereocenters. The van der Waals surface area contributed by atoms with E-state index in [0.29, 0.717) is 25.2 Å². The highest BCUT2D eigenvalue weighted by molar-refractivity contribution is 5.91. The summed E-state index contributed by atoms with van der Waals surface area (Å²) >= 11 is 0. The van der Waals surface area contributed by atoms with Gasteiger partial charge in [-0.1, -0.05) is 32.4 Å². The van der Waals surface area contributed by atoms with Gasteiger partial charge in [-0.05, 0) is 36.5 Å². The van der Waals surface area contributed by atoms with Crippen LogP contribution in [0.4, 0.5) is 5.69 Å². The second kappa shape index (κ2) is 5.65. The van der Waals surface area contributed by atoms with Crippen LogP contribution < -0.4 is 5.32 Å². The summed E-state index contributed by atoms with van der Waals surface area (Å²) in [4.78, 5) is 23.0. The number of carboxylic acid groups (broad SMARTS) is 1. The van der Waals surface area contributed by atoms with Gasteiger partial charge in [0.2, 0.25) is 5.91 Å². The Morgan fingerprint density at radius 3 is 2.35 bits per heavy atom. The molecule has 0 heterocycles. The molecule has 1 saturated carbocycles. The van der Waals surface area contributed by atoms with Crippen LogP contribution in [0.5, 0.6) is 0 Å². The fraction of sp³-hybridized carbons (Fsp3) is 0.500. The quantitative estimate of drug-likeness (QED) is 0.838. The van der Waals surface area contributed by atoms with E-state index in [4.69, 9.17) is 0 Å². The van der Waals surface area contributed by atoms with Crippen LogP contribution in [-0.2, 0) is 15.0 Å². The summed E-state index contributed by atoms with van der Waals surface area (Å²) in [5.74, 6) is -0.381. The Morgan fingerprint density at radius 2 is 1.90 bits per heavy atom. The first-order valence-electron chi connectivity index (χ1n) is 7.11. The molecule has 0 spiro atoms. The van der Waals surface area contributed by atoms with Crippen LogP contribution in [0.1, 0.15) is 45.1 Å². The second-order valence-corrected chi connectivity index (χ2v) is 5.73. The van der Waals surface area contributed by atoms with Gasteiger partial charge in [-0.2, -0.15) is 0 Å². The Morgan fingerprint density at radius 1 is 1.30 bits per heavy atom. The third-order valence-corrected chi connectivity index (χ3v) is 4.11. The highest BCUT2D eigenvalue weighted by atomic mass is 16.4. The normalized spacial score (nSPS) is 17.3. The summed E-state index contributed by atoms with van der Waals surface area (Å²) in [7, 11) is 0. The van der Waals surface area contributed by atoms with Gasteiger partial charge in [0.05, 0.1) is 5.41 Å². The predicted octanol–water partition coefficient (Wildman–Crippen LogP) is 3.18. The molecule has 1 amide bonds. The largest absolute Gasteiger partial charge is 0.481 e. The number of nitrogens with one attached hydrogen (secondary N) is 1. The lowest BCUT2D eigenvalue weighted by Gasteiger charge is -2.12. The average Bonchev–Trinajstić information content (AvgIpc) is 3.20. The molecule has 1 aliphatic rings. The Labute approximate surface area is 119 Å². The molecule has 0 aromatic heterocycles. The van der Waals surface area contributed by atoms with E-state index in [1.54, 1.807) is 24.3 Å². The van der Waals surface area contributed by atoms with Crippen LogP contribution in [0.25, 0.3) is 0 Å². The summed E-state index contributed by atoms with van der Waals surface area (Å²) in [5, 5.41) is 12.1. The van der Waals surface area contributed by atoms with Crippen LogP contribution in [0.2, 0.25) is 0 Å². The number of carbonyl (C=O) groups is 2. The second-order valence-electron chi connectivity index (χ2n) is 5.73. The zero-order valence-electron chi connectivity index (χ0n) is 12.0. The first-order valence-corrected chi connectivity index (χ1v) is 7.11. The molecule has 0 aliphatic heterocycles. The fourth-order valence-electron chi connectivity index (χ4n) is 2.30. The summed E-state index contributed by atoms with van der Waals surface area (Å²) in [6.07, 6.45) is 2.88. The van der Waals surface area contributed by atoms with Crippen LogP contribution in [0.15, 0.2) is 24.3 Å². The highest BCUT2D eigenvalue weighted by Gasteiger charge is 2.51. The number of anilines is 1. The molecule has 0 radical (unpaired) electrons. The number of rotatable bonds is 6. The zero-order chi connectivity index (χ0) is 14.8. The third kappa shape index (κ3) is 3.00. The highest BCUT2D eigenvalue weighted by Crippen LogP contribution is 2.48.